The molecule has 21 heavy (non-hydrogen) atoms. The van der Waals surface area contributed by atoms with Crippen molar-refractivity contribution < 1.29 is 4.39 Å². The second-order valence-electron chi connectivity index (χ2n) is 4.65. The number of aromatic nitrogens is 3. The maximum atomic E-state index is 13.3. The number of rotatable bonds is 4. The Hall–Kier alpha value is -2.53. The van der Waals surface area contributed by atoms with Crippen LogP contribution in [0.25, 0.3) is 17.1 Å². The van der Waals surface area contributed by atoms with Gasteiger partial charge >= 0.3 is 0 Å². The van der Waals surface area contributed by atoms with E-state index in [4.69, 9.17) is 5.73 Å². The molecule has 0 saturated carbocycles. The molecule has 0 bridgehead atoms. The Balaban J connectivity index is 2.08. The van der Waals surface area contributed by atoms with E-state index in [-0.39, 0.29) is 5.82 Å². The van der Waals surface area contributed by atoms with Crippen molar-refractivity contribution in [3.8, 4) is 17.1 Å². The molecule has 3 aromatic rings. The molecular weight excluding hydrogens is 267 g/mol. The van der Waals surface area contributed by atoms with Crippen molar-refractivity contribution >= 4 is 0 Å². The molecule has 2 aromatic carbocycles. The number of nitrogens with two attached hydrogens (primary N) is 1. The lowest BCUT2D eigenvalue weighted by Crippen LogP contribution is -2.09. The van der Waals surface area contributed by atoms with Crippen molar-refractivity contribution in [3.63, 3.8) is 0 Å². The molecule has 0 aliphatic heterocycles. The molecule has 0 amide bonds. The minimum Gasteiger partial charge on any atom is -0.330 e. The highest BCUT2D eigenvalue weighted by atomic mass is 19.1. The quantitative estimate of drug-likeness (QED) is 0.800. The zero-order chi connectivity index (χ0) is 14.7. The van der Waals surface area contributed by atoms with Crippen LogP contribution in [-0.2, 0) is 6.42 Å². The number of halogens is 1. The molecule has 106 valence electrons. The number of hydrogen-bond acceptors (Lipinski definition) is 3. The third kappa shape index (κ3) is 2.83. The van der Waals surface area contributed by atoms with Gasteiger partial charge in [0, 0.05) is 12.0 Å². The highest BCUT2D eigenvalue weighted by Gasteiger charge is 2.12. The Morgan fingerprint density at radius 1 is 1.05 bits per heavy atom. The molecular formula is C16H15FN4. The maximum absolute atomic E-state index is 13.3. The fourth-order valence-electron chi connectivity index (χ4n) is 2.16. The van der Waals surface area contributed by atoms with Gasteiger partial charge in [-0.2, -0.15) is 0 Å². The highest BCUT2D eigenvalue weighted by molar-refractivity contribution is 5.55. The van der Waals surface area contributed by atoms with Gasteiger partial charge in [0.25, 0.3) is 0 Å². The van der Waals surface area contributed by atoms with Crippen molar-refractivity contribution in [1.82, 2.24) is 14.8 Å². The van der Waals surface area contributed by atoms with Gasteiger partial charge in [-0.05, 0) is 30.8 Å². The third-order valence-corrected chi connectivity index (χ3v) is 3.13. The zero-order valence-corrected chi connectivity index (χ0v) is 11.4. The summed E-state index contributed by atoms with van der Waals surface area (Å²) in [6.45, 7) is 0.480. The minimum absolute atomic E-state index is 0.302. The standard InChI is InChI=1S/C16H15FN4/c17-13-6-4-5-12(11-13)16-19-15(9-10-18)21(20-16)14-7-2-1-3-8-14/h1-8,11H,9-10,18H2. The third-order valence-electron chi connectivity index (χ3n) is 3.13. The lowest BCUT2D eigenvalue weighted by Gasteiger charge is -2.03. The summed E-state index contributed by atoms with van der Waals surface area (Å²) in [5.41, 5.74) is 7.21. The van der Waals surface area contributed by atoms with Gasteiger partial charge in [-0.3, -0.25) is 0 Å². The molecule has 0 atom stereocenters. The molecule has 0 unspecified atom stereocenters. The summed E-state index contributed by atoms with van der Waals surface area (Å²) in [4.78, 5) is 4.49. The van der Waals surface area contributed by atoms with Gasteiger partial charge in [0.05, 0.1) is 5.69 Å². The van der Waals surface area contributed by atoms with Crippen molar-refractivity contribution in [2.75, 3.05) is 6.54 Å². The Morgan fingerprint density at radius 2 is 1.86 bits per heavy atom. The number of benzene rings is 2. The summed E-state index contributed by atoms with van der Waals surface area (Å²) >= 11 is 0. The summed E-state index contributed by atoms with van der Waals surface area (Å²) in [5, 5.41) is 4.49. The first-order valence-electron chi connectivity index (χ1n) is 6.75. The average molecular weight is 282 g/mol. The first kappa shape index (κ1) is 13.5. The fourth-order valence-corrected chi connectivity index (χ4v) is 2.16. The average Bonchev–Trinajstić information content (AvgIpc) is 2.93. The molecule has 0 radical (unpaired) electrons. The zero-order valence-electron chi connectivity index (χ0n) is 11.4. The molecule has 0 saturated heterocycles. The van der Waals surface area contributed by atoms with Crippen LogP contribution in [0.4, 0.5) is 4.39 Å². The SMILES string of the molecule is NCCc1nc(-c2cccc(F)c2)nn1-c1ccccc1. The molecule has 1 aromatic heterocycles. The molecule has 2 N–H and O–H groups in total. The van der Waals surface area contributed by atoms with E-state index >= 15 is 0 Å². The van der Waals surface area contributed by atoms with Crippen molar-refractivity contribution in [3.05, 3.63) is 66.2 Å². The van der Waals surface area contributed by atoms with Gasteiger partial charge in [0.1, 0.15) is 11.6 Å². The van der Waals surface area contributed by atoms with Crippen LogP contribution in [0.5, 0.6) is 0 Å². The van der Waals surface area contributed by atoms with Crippen LogP contribution in [0.2, 0.25) is 0 Å². The number of nitrogens with zero attached hydrogens (tertiary/aromatic N) is 3. The van der Waals surface area contributed by atoms with Gasteiger partial charge in [-0.15, -0.1) is 5.10 Å². The van der Waals surface area contributed by atoms with Gasteiger partial charge < -0.3 is 5.73 Å². The molecule has 0 aliphatic rings. The van der Waals surface area contributed by atoms with E-state index in [0.717, 1.165) is 11.5 Å². The molecule has 0 spiro atoms. The van der Waals surface area contributed by atoms with Crippen LogP contribution >= 0.6 is 0 Å². The Labute approximate surface area is 122 Å². The summed E-state index contributed by atoms with van der Waals surface area (Å²) in [6.07, 6.45) is 0.608. The second-order valence-corrected chi connectivity index (χ2v) is 4.65. The largest absolute Gasteiger partial charge is 0.330 e. The van der Waals surface area contributed by atoms with E-state index in [2.05, 4.69) is 10.1 Å². The van der Waals surface area contributed by atoms with E-state index in [1.165, 1.54) is 12.1 Å². The monoisotopic (exact) mass is 282 g/mol. The van der Waals surface area contributed by atoms with Crippen LogP contribution in [0.1, 0.15) is 5.82 Å². The number of hydrogen-bond donors (Lipinski definition) is 1. The van der Waals surface area contributed by atoms with E-state index in [0.29, 0.717) is 24.4 Å². The topological polar surface area (TPSA) is 56.7 Å². The van der Waals surface area contributed by atoms with Crippen LogP contribution in [0.3, 0.4) is 0 Å². The van der Waals surface area contributed by atoms with Crippen molar-refractivity contribution in [1.29, 1.82) is 0 Å². The van der Waals surface area contributed by atoms with Crippen molar-refractivity contribution in [2.24, 2.45) is 5.73 Å². The molecule has 0 fully saturated rings. The van der Waals surface area contributed by atoms with Crippen LogP contribution < -0.4 is 5.73 Å². The second kappa shape index (κ2) is 5.85. The first-order chi connectivity index (χ1) is 10.3. The normalized spacial score (nSPS) is 10.8. The highest BCUT2D eigenvalue weighted by Crippen LogP contribution is 2.19. The molecule has 0 aliphatic carbocycles. The lowest BCUT2D eigenvalue weighted by molar-refractivity contribution is 0.628. The van der Waals surface area contributed by atoms with Gasteiger partial charge in [-0.1, -0.05) is 30.3 Å². The molecule has 3 rings (SSSR count). The van der Waals surface area contributed by atoms with E-state index in [1.54, 1.807) is 16.8 Å². The first-order valence-corrected chi connectivity index (χ1v) is 6.75. The Kier molecular flexibility index (Phi) is 3.75. The van der Waals surface area contributed by atoms with Gasteiger partial charge in [0.2, 0.25) is 0 Å². The minimum atomic E-state index is -0.302. The van der Waals surface area contributed by atoms with Crippen molar-refractivity contribution in [2.45, 2.75) is 6.42 Å². The molecule has 1 heterocycles. The van der Waals surface area contributed by atoms with Gasteiger partial charge in [0.15, 0.2) is 5.82 Å². The van der Waals surface area contributed by atoms with Crippen LogP contribution in [0, 0.1) is 5.82 Å². The Morgan fingerprint density at radius 3 is 2.57 bits per heavy atom. The van der Waals surface area contributed by atoms with Crippen LogP contribution in [0.15, 0.2) is 54.6 Å². The van der Waals surface area contributed by atoms with Gasteiger partial charge in [-0.25, -0.2) is 14.1 Å². The summed E-state index contributed by atoms with van der Waals surface area (Å²) in [6, 6.07) is 16.0. The predicted molar refractivity (Wildman–Crippen MR) is 79.5 cm³/mol. The Bertz CT molecular complexity index is 737. The maximum Gasteiger partial charge on any atom is 0.181 e. The summed E-state index contributed by atoms with van der Waals surface area (Å²) in [5.74, 6) is 0.966. The number of para-hydroxylation sites is 1. The van der Waals surface area contributed by atoms with Crippen LogP contribution in [-0.4, -0.2) is 21.3 Å². The summed E-state index contributed by atoms with van der Waals surface area (Å²) in [7, 11) is 0. The fraction of sp³-hybridized carbons (Fsp3) is 0.125. The smallest absolute Gasteiger partial charge is 0.181 e. The van der Waals surface area contributed by atoms with E-state index in [9.17, 15) is 4.39 Å². The molecule has 5 heteroatoms. The lowest BCUT2D eigenvalue weighted by atomic mass is 10.2. The van der Waals surface area contributed by atoms with E-state index < -0.39 is 0 Å². The summed E-state index contributed by atoms with van der Waals surface area (Å²) < 4.78 is 15.1. The molecule has 4 nitrogen and oxygen atoms in total. The predicted octanol–water partition coefficient (Wildman–Crippen LogP) is 2.57. The van der Waals surface area contributed by atoms with E-state index in [1.807, 2.05) is 30.3 Å².